The van der Waals surface area contributed by atoms with Gasteiger partial charge in [0.1, 0.15) is 12.3 Å². The molecule has 0 aliphatic carbocycles. The molecule has 0 unspecified atom stereocenters. The third kappa shape index (κ3) is 6.61. The van der Waals surface area contributed by atoms with Gasteiger partial charge in [0, 0.05) is 31.3 Å². The lowest BCUT2D eigenvalue weighted by atomic mass is 10.1. The van der Waals surface area contributed by atoms with Crippen molar-refractivity contribution in [1.82, 2.24) is 21.1 Å². The van der Waals surface area contributed by atoms with Gasteiger partial charge in [0.15, 0.2) is 11.7 Å². The Balaban J connectivity index is 1.79. The van der Waals surface area contributed by atoms with Gasteiger partial charge in [0.05, 0.1) is 12.8 Å². The first-order valence-corrected chi connectivity index (χ1v) is 9.43. The third-order valence-electron chi connectivity index (χ3n) is 3.96. The van der Waals surface area contributed by atoms with Gasteiger partial charge in [-0.1, -0.05) is 19.0 Å². The highest BCUT2D eigenvalue weighted by atomic mass is 16.5. The summed E-state index contributed by atoms with van der Waals surface area (Å²) in [4.78, 5) is 16.6. The van der Waals surface area contributed by atoms with Crippen molar-refractivity contribution in [2.75, 3.05) is 26.7 Å². The Morgan fingerprint density at radius 2 is 1.89 bits per heavy atom. The average molecular weight is 387 g/mol. The van der Waals surface area contributed by atoms with Crippen molar-refractivity contribution < 1.29 is 14.1 Å². The van der Waals surface area contributed by atoms with E-state index >= 15 is 0 Å². The zero-order chi connectivity index (χ0) is 20.4. The monoisotopic (exact) mass is 387 g/mol. The van der Waals surface area contributed by atoms with Gasteiger partial charge in [-0.25, -0.2) is 4.99 Å². The zero-order valence-electron chi connectivity index (χ0n) is 16.9. The normalized spacial score (nSPS) is 11.4. The van der Waals surface area contributed by atoms with Crippen LogP contribution in [0, 0.1) is 0 Å². The lowest BCUT2D eigenvalue weighted by molar-refractivity contribution is 0.0954. The first kappa shape index (κ1) is 21.3. The van der Waals surface area contributed by atoms with E-state index in [4.69, 9.17) is 9.26 Å². The molecule has 2 aromatic rings. The number of aliphatic imine (C=N–C) groups is 1. The predicted octanol–water partition coefficient (Wildman–Crippen LogP) is 2.29. The molecule has 8 heteroatoms. The Labute approximate surface area is 165 Å². The van der Waals surface area contributed by atoms with E-state index in [1.54, 1.807) is 31.4 Å². The van der Waals surface area contributed by atoms with Crippen LogP contribution >= 0.6 is 0 Å². The summed E-state index contributed by atoms with van der Waals surface area (Å²) in [5, 5.41) is 13.3. The van der Waals surface area contributed by atoms with Crippen molar-refractivity contribution in [2.24, 2.45) is 4.99 Å². The average Bonchev–Trinajstić information content (AvgIpc) is 3.18. The molecule has 0 aliphatic heterocycles. The van der Waals surface area contributed by atoms with E-state index in [1.807, 2.05) is 13.0 Å². The molecule has 28 heavy (non-hydrogen) atoms. The van der Waals surface area contributed by atoms with E-state index < -0.39 is 0 Å². The zero-order valence-corrected chi connectivity index (χ0v) is 16.9. The molecule has 3 N–H and O–H groups in total. The van der Waals surface area contributed by atoms with Crippen molar-refractivity contribution in [1.29, 1.82) is 0 Å². The molecular formula is C20H29N5O3. The Morgan fingerprint density at radius 3 is 2.50 bits per heavy atom. The van der Waals surface area contributed by atoms with Crippen LogP contribution in [0.3, 0.4) is 0 Å². The van der Waals surface area contributed by atoms with Crippen LogP contribution in [0.15, 0.2) is 39.8 Å². The first-order chi connectivity index (χ1) is 13.5. The molecule has 2 rings (SSSR count). The van der Waals surface area contributed by atoms with Gasteiger partial charge < -0.3 is 25.2 Å². The summed E-state index contributed by atoms with van der Waals surface area (Å²) >= 11 is 0. The van der Waals surface area contributed by atoms with Gasteiger partial charge in [0.25, 0.3) is 5.91 Å². The second-order valence-electron chi connectivity index (χ2n) is 6.48. The van der Waals surface area contributed by atoms with E-state index in [-0.39, 0.29) is 5.91 Å². The van der Waals surface area contributed by atoms with Crippen LogP contribution in [-0.2, 0) is 6.54 Å². The molecule has 1 heterocycles. The summed E-state index contributed by atoms with van der Waals surface area (Å²) in [5.41, 5.74) is 1.51. The minimum Gasteiger partial charge on any atom is -0.497 e. The number of carbonyl (C=O) groups is 1. The molecule has 0 aliphatic rings. The van der Waals surface area contributed by atoms with E-state index in [0.717, 1.165) is 18.0 Å². The van der Waals surface area contributed by atoms with E-state index in [0.29, 0.717) is 42.8 Å². The van der Waals surface area contributed by atoms with Gasteiger partial charge in [0.2, 0.25) is 0 Å². The second-order valence-corrected chi connectivity index (χ2v) is 6.48. The summed E-state index contributed by atoms with van der Waals surface area (Å²) in [5.74, 6) is 2.28. The number of guanidine groups is 1. The maximum Gasteiger partial charge on any atom is 0.251 e. The largest absolute Gasteiger partial charge is 0.497 e. The smallest absolute Gasteiger partial charge is 0.251 e. The molecule has 8 nitrogen and oxygen atoms in total. The molecule has 1 aromatic carbocycles. The van der Waals surface area contributed by atoms with Crippen molar-refractivity contribution in [3.63, 3.8) is 0 Å². The summed E-state index contributed by atoms with van der Waals surface area (Å²) in [7, 11) is 1.59. The van der Waals surface area contributed by atoms with Gasteiger partial charge in [-0.05, 0) is 37.1 Å². The summed E-state index contributed by atoms with van der Waals surface area (Å²) in [6, 6.07) is 8.91. The van der Waals surface area contributed by atoms with Gasteiger partial charge in [-0.15, -0.1) is 0 Å². The van der Waals surface area contributed by atoms with Crippen molar-refractivity contribution in [3.05, 3.63) is 47.3 Å². The van der Waals surface area contributed by atoms with Crippen LogP contribution in [0.2, 0.25) is 0 Å². The highest BCUT2D eigenvalue weighted by Gasteiger charge is 2.08. The number of rotatable bonds is 9. The minimum atomic E-state index is -0.130. The summed E-state index contributed by atoms with van der Waals surface area (Å²) in [6.07, 6.45) is 0. The number of hydrogen-bond acceptors (Lipinski definition) is 5. The Morgan fingerprint density at radius 1 is 1.18 bits per heavy atom. The fourth-order valence-corrected chi connectivity index (χ4v) is 2.38. The third-order valence-corrected chi connectivity index (χ3v) is 3.96. The van der Waals surface area contributed by atoms with Gasteiger partial charge in [-0.2, -0.15) is 0 Å². The fourth-order valence-electron chi connectivity index (χ4n) is 2.38. The molecule has 0 bridgehead atoms. The first-order valence-electron chi connectivity index (χ1n) is 9.43. The molecule has 152 valence electrons. The molecular weight excluding hydrogens is 358 g/mol. The number of ether oxygens (including phenoxy) is 1. The Bertz CT molecular complexity index is 768. The molecule has 0 atom stereocenters. The highest BCUT2D eigenvalue weighted by molar-refractivity contribution is 5.94. The number of aromatic nitrogens is 1. The number of hydrogen-bond donors (Lipinski definition) is 3. The maximum absolute atomic E-state index is 12.1. The van der Waals surface area contributed by atoms with Crippen molar-refractivity contribution >= 4 is 11.9 Å². The van der Waals surface area contributed by atoms with E-state index in [1.165, 1.54) is 0 Å². The SMILES string of the molecule is CCNC(=NCc1cc(C(C)C)no1)NCCNC(=O)c1ccc(OC)cc1. The van der Waals surface area contributed by atoms with Crippen molar-refractivity contribution in [2.45, 2.75) is 33.2 Å². The van der Waals surface area contributed by atoms with Crippen LogP contribution < -0.4 is 20.7 Å². The number of amides is 1. The van der Waals surface area contributed by atoms with Crippen LogP contribution in [0.25, 0.3) is 0 Å². The molecule has 0 saturated carbocycles. The fraction of sp³-hybridized carbons (Fsp3) is 0.450. The molecule has 1 aromatic heterocycles. The van der Waals surface area contributed by atoms with E-state index in [2.05, 4.69) is 39.9 Å². The molecule has 0 fully saturated rings. The van der Waals surface area contributed by atoms with Crippen LogP contribution in [0.4, 0.5) is 0 Å². The molecule has 0 radical (unpaired) electrons. The van der Waals surface area contributed by atoms with E-state index in [9.17, 15) is 4.79 Å². The number of benzene rings is 1. The lowest BCUT2D eigenvalue weighted by Crippen LogP contribution is -2.41. The predicted molar refractivity (Wildman–Crippen MR) is 109 cm³/mol. The maximum atomic E-state index is 12.1. The summed E-state index contributed by atoms with van der Waals surface area (Å²) < 4.78 is 10.4. The number of methoxy groups -OCH3 is 1. The summed E-state index contributed by atoms with van der Waals surface area (Å²) in [6.45, 7) is 8.27. The lowest BCUT2D eigenvalue weighted by Gasteiger charge is -2.11. The quantitative estimate of drug-likeness (QED) is 0.347. The second kappa shape index (κ2) is 11.0. The van der Waals surface area contributed by atoms with Crippen molar-refractivity contribution in [3.8, 4) is 5.75 Å². The van der Waals surface area contributed by atoms with Crippen LogP contribution in [0.5, 0.6) is 5.75 Å². The highest BCUT2D eigenvalue weighted by Crippen LogP contribution is 2.14. The van der Waals surface area contributed by atoms with Crippen LogP contribution in [0.1, 0.15) is 48.5 Å². The van der Waals surface area contributed by atoms with Gasteiger partial charge >= 0.3 is 0 Å². The van der Waals surface area contributed by atoms with Gasteiger partial charge in [-0.3, -0.25) is 4.79 Å². The minimum absolute atomic E-state index is 0.130. The number of nitrogens with one attached hydrogen (secondary N) is 3. The Hall–Kier alpha value is -3.03. The standard InChI is InChI=1S/C20H29N5O3/c1-5-21-20(24-13-17-12-18(14(2)3)25-28-17)23-11-10-22-19(26)15-6-8-16(27-4)9-7-15/h6-9,12,14H,5,10-11,13H2,1-4H3,(H,22,26)(H2,21,23,24). The van der Waals surface area contributed by atoms with Crippen LogP contribution in [-0.4, -0.2) is 43.8 Å². The molecule has 0 spiro atoms. The number of carbonyl (C=O) groups excluding carboxylic acids is 1. The molecule has 0 saturated heterocycles. The number of nitrogens with zero attached hydrogens (tertiary/aromatic N) is 2. The topological polar surface area (TPSA) is 101 Å². The molecule has 1 amide bonds. The Kier molecular flexibility index (Phi) is 8.33.